The molecule has 2 fully saturated rings. The SMILES string of the molecule is Nc1ccc(/N=N/c2ccccc2OC(=O)N2CCC(N3CCCCCC3)CC2)c(N)n1. The third-order valence-electron chi connectivity index (χ3n) is 6.13. The predicted octanol–water partition coefficient (Wildman–Crippen LogP) is 4.50. The number of carbonyl (C=O) groups is 1. The molecule has 0 radical (unpaired) electrons. The van der Waals surface area contributed by atoms with Crippen LogP contribution in [-0.4, -0.2) is 53.1 Å². The summed E-state index contributed by atoms with van der Waals surface area (Å²) in [6.07, 6.45) is 6.85. The van der Waals surface area contributed by atoms with E-state index in [1.165, 1.54) is 38.8 Å². The molecule has 4 N–H and O–H groups in total. The Morgan fingerprint density at radius 2 is 1.59 bits per heavy atom. The van der Waals surface area contributed by atoms with Gasteiger partial charge in [0, 0.05) is 19.1 Å². The second kappa shape index (κ2) is 10.4. The Labute approximate surface area is 188 Å². The van der Waals surface area contributed by atoms with Crippen molar-refractivity contribution in [2.45, 2.75) is 44.6 Å². The van der Waals surface area contributed by atoms with Crippen LogP contribution < -0.4 is 16.2 Å². The summed E-state index contributed by atoms with van der Waals surface area (Å²) in [5, 5.41) is 8.35. The van der Waals surface area contributed by atoms with Crippen molar-refractivity contribution in [1.29, 1.82) is 0 Å². The van der Waals surface area contributed by atoms with Gasteiger partial charge in [-0.15, -0.1) is 10.2 Å². The largest absolute Gasteiger partial charge is 0.415 e. The molecule has 2 aromatic rings. The molecule has 3 heterocycles. The minimum Gasteiger partial charge on any atom is -0.408 e. The summed E-state index contributed by atoms with van der Waals surface area (Å²) < 4.78 is 5.68. The van der Waals surface area contributed by atoms with E-state index in [1.54, 1.807) is 35.2 Å². The highest BCUT2D eigenvalue weighted by Gasteiger charge is 2.28. The summed E-state index contributed by atoms with van der Waals surface area (Å²) in [6, 6.07) is 10.9. The molecule has 2 aliphatic heterocycles. The van der Waals surface area contributed by atoms with Crippen LogP contribution in [0.25, 0.3) is 0 Å². The Bertz CT molecular complexity index is 949. The molecule has 2 aliphatic rings. The van der Waals surface area contributed by atoms with E-state index in [4.69, 9.17) is 16.2 Å². The topological polar surface area (TPSA) is 122 Å². The highest BCUT2D eigenvalue weighted by Crippen LogP contribution is 2.31. The number of ether oxygens (including phenoxy) is 1. The standard InChI is InChI=1S/C23H31N7O2/c24-21-10-9-19(22(25)26-21)28-27-18-7-3-4-8-20(18)32-23(31)30-15-11-17(12-16-30)29-13-5-1-2-6-14-29/h3-4,7-10,17H,1-2,5-6,11-16H2,(H4,24,25,26)/b28-27+. The number of para-hydroxylation sites is 1. The molecule has 170 valence electrons. The second-order valence-electron chi connectivity index (χ2n) is 8.34. The number of amides is 1. The van der Waals surface area contributed by atoms with E-state index in [0.717, 1.165) is 12.8 Å². The summed E-state index contributed by atoms with van der Waals surface area (Å²) >= 11 is 0. The zero-order chi connectivity index (χ0) is 22.3. The van der Waals surface area contributed by atoms with Gasteiger partial charge in [0.15, 0.2) is 11.6 Å². The molecule has 1 aromatic carbocycles. The summed E-state index contributed by atoms with van der Waals surface area (Å²) in [5.41, 5.74) is 12.3. The summed E-state index contributed by atoms with van der Waals surface area (Å²) in [4.78, 5) is 21.2. The zero-order valence-corrected chi connectivity index (χ0v) is 18.3. The fraction of sp³-hybridized carbons (Fsp3) is 0.478. The van der Waals surface area contributed by atoms with Gasteiger partial charge in [-0.2, -0.15) is 0 Å². The van der Waals surface area contributed by atoms with Gasteiger partial charge >= 0.3 is 6.09 Å². The highest BCUT2D eigenvalue weighted by molar-refractivity contribution is 5.73. The summed E-state index contributed by atoms with van der Waals surface area (Å²) in [6.45, 7) is 3.78. The molecule has 9 nitrogen and oxygen atoms in total. The van der Waals surface area contributed by atoms with Gasteiger partial charge in [-0.1, -0.05) is 25.0 Å². The highest BCUT2D eigenvalue weighted by atomic mass is 16.6. The van der Waals surface area contributed by atoms with Crippen LogP contribution in [0.15, 0.2) is 46.6 Å². The van der Waals surface area contributed by atoms with Crippen LogP contribution in [0.5, 0.6) is 5.75 Å². The molecule has 0 saturated carbocycles. The lowest BCUT2D eigenvalue weighted by molar-refractivity contribution is 0.100. The smallest absolute Gasteiger partial charge is 0.408 e. The average molecular weight is 438 g/mol. The Kier molecular flexibility index (Phi) is 7.16. The normalized spacial score (nSPS) is 18.6. The molecule has 0 unspecified atom stereocenters. The average Bonchev–Trinajstić information content (AvgIpc) is 3.09. The monoisotopic (exact) mass is 437 g/mol. The third kappa shape index (κ3) is 5.53. The van der Waals surface area contributed by atoms with Crippen molar-refractivity contribution in [3.8, 4) is 5.75 Å². The van der Waals surface area contributed by atoms with Gasteiger partial charge in [0.25, 0.3) is 0 Å². The van der Waals surface area contributed by atoms with E-state index in [2.05, 4.69) is 20.1 Å². The van der Waals surface area contributed by atoms with Gasteiger partial charge in [0.1, 0.15) is 17.2 Å². The van der Waals surface area contributed by atoms with Crippen LogP contribution in [-0.2, 0) is 0 Å². The second-order valence-corrected chi connectivity index (χ2v) is 8.34. The number of likely N-dealkylation sites (tertiary alicyclic amines) is 2. The number of nitrogen functional groups attached to an aromatic ring is 2. The van der Waals surface area contributed by atoms with Gasteiger partial charge in [0.05, 0.1) is 0 Å². The van der Waals surface area contributed by atoms with Gasteiger partial charge < -0.3 is 26.0 Å². The molecule has 0 atom stereocenters. The van der Waals surface area contributed by atoms with E-state index in [-0.39, 0.29) is 11.9 Å². The van der Waals surface area contributed by atoms with E-state index >= 15 is 0 Å². The minimum absolute atomic E-state index is 0.190. The summed E-state index contributed by atoms with van der Waals surface area (Å²) in [5.74, 6) is 0.865. The lowest BCUT2D eigenvalue weighted by Crippen LogP contribution is -2.47. The van der Waals surface area contributed by atoms with E-state index in [0.29, 0.717) is 42.1 Å². The quantitative estimate of drug-likeness (QED) is 0.679. The first-order valence-electron chi connectivity index (χ1n) is 11.3. The van der Waals surface area contributed by atoms with Crippen molar-refractivity contribution < 1.29 is 9.53 Å². The van der Waals surface area contributed by atoms with Crippen molar-refractivity contribution in [2.24, 2.45) is 10.2 Å². The molecular formula is C23H31N7O2. The number of aromatic nitrogens is 1. The number of hydrogen-bond donors (Lipinski definition) is 2. The molecule has 4 rings (SSSR count). The number of benzene rings is 1. The van der Waals surface area contributed by atoms with Crippen molar-refractivity contribution >= 4 is 29.1 Å². The minimum atomic E-state index is -0.351. The Morgan fingerprint density at radius 1 is 0.906 bits per heavy atom. The lowest BCUT2D eigenvalue weighted by atomic mass is 10.0. The maximum atomic E-state index is 12.8. The van der Waals surface area contributed by atoms with Crippen molar-refractivity contribution in [3.05, 3.63) is 36.4 Å². The Hall–Kier alpha value is -3.20. The van der Waals surface area contributed by atoms with Crippen LogP contribution in [0, 0.1) is 0 Å². The lowest BCUT2D eigenvalue weighted by Gasteiger charge is -2.37. The number of azo groups is 1. The van der Waals surface area contributed by atoms with Crippen molar-refractivity contribution in [2.75, 3.05) is 37.6 Å². The first kappa shape index (κ1) is 22.0. The molecule has 2 saturated heterocycles. The molecule has 0 spiro atoms. The maximum absolute atomic E-state index is 12.8. The van der Waals surface area contributed by atoms with Crippen LogP contribution in [0.4, 0.5) is 27.8 Å². The molecule has 1 amide bonds. The van der Waals surface area contributed by atoms with E-state index < -0.39 is 0 Å². The molecule has 32 heavy (non-hydrogen) atoms. The number of nitrogens with two attached hydrogens (primary N) is 2. The van der Waals surface area contributed by atoms with Gasteiger partial charge in [0.2, 0.25) is 0 Å². The number of carbonyl (C=O) groups excluding carboxylic acids is 1. The van der Waals surface area contributed by atoms with Crippen LogP contribution in [0.3, 0.4) is 0 Å². The third-order valence-corrected chi connectivity index (χ3v) is 6.13. The predicted molar refractivity (Wildman–Crippen MR) is 124 cm³/mol. The number of rotatable bonds is 4. The number of nitrogens with zero attached hydrogens (tertiary/aromatic N) is 5. The Balaban J connectivity index is 1.36. The number of piperidine rings is 1. The number of anilines is 2. The number of pyridine rings is 1. The van der Waals surface area contributed by atoms with E-state index in [9.17, 15) is 4.79 Å². The van der Waals surface area contributed by atoms with Crippen molar-refractivity contribution in [1.82, 2.24) is 14.8 Å². The summed E-state index contributed by atoms with van der Waals surface area (Å²) in [7, 11) is 0. The van der Waals surface area contributed by atoms with Gasteiger partial charge in [-0.3, -0.25) is 0 Å². The zero-order valence-electron chi connectivity index (χ0n) is 18.3. The van der Waals surface area contributed by atoms with Crippen LogP contribution in [0.1, 0.15) is 38.5 Å². The van der Waals surface area contributed by atoms with Crippen molar-refractivity contribution in [3.63, 3.8) is 0 Å². The van der Waals surface area contributed by atoms with Crippen LogP contribution >= 0.6 is 0 Å². The first-order valence-corrected chi connectivity index (χ1v) is 11.3. The number of hydrogen-bond acceptors (Lipinski definition) is 8. The fourth-order valence-electron chi connectivity index (χ4n) is 4.33. The Morgan fingerprint density at radius 3 is 2.31 bits per heavy atom. The fourth-order valence-corrected chi connectivity index (χ4v) is 4.33. The first-order chi connectivity index (χ1) is 15.6. The molecule has 0 aliphatic carbocycles. The van der Waals surface area contributed by atoms with Gasteiger partial charge in [-0.05, 0) is 63.0 Å². The van der Waals surface area contributed by atoms with Gasteiger partial charge in [-0.25, -0.2) is 9.78 Å². The molecule has 9 heteroatoms. The molecule has 0 bridgehead atoms. The molecular weight excluding hydrogens is 406 g/mol. The molecule has 1 aromatic heterocycles. The van der Waals surface area contributed by atoms with E-state index in [1.807, 2.05) is 6.07 Å². The van der Waals surface area contributed by atoms with Crippen LogP contribution in [0.2, 0.25) is 0 Å². The maximum Gasteiger partial charge on any atom is 0.415 e.